The number of benzene rings is 10. The van der Waals surface area contributed by atoms with Crippen LogP contribution in [0.25, 0.3) is 42.4 Å². The summed E-state index contributed by atoms with van der Waals surface area (Å²) in [5, 5.41) is 2.62. The Morgan fingerprint density at radius 1 is 0.297 bits per heavy atom. The second-order valence-corrected chi connectivity index (χ2v) is 17.5. The molecule has 0 fully saturated rings. The van der Waals surface area contributed by atoms with Gasteiger partial charge in [-0.3, -0.25) is 0 Å². The quantitative estimate of drug-likeness (QED) is 0.143. The van der Waals surface area contributed by atoms with Crippen molar-refractivity contribution in [1.82, 2.24) is 0 Å². The van der Waals surface area contributed by atoms with Gasteiger partial charge in [0.15, 0.2) is 0 Å². The van der Waals surface area contributed by atoms with Crippen LogP contribution in [-0.4, -0.2) is 0 Å². The number of rotatable bonds is 9. The Labute approximate surface area is 378 Å². The normalized spacial score (nSPS) is 12.5. The standard InChI is InChI=1S/C61H42N2S/c1-6-20-44(21-7-1)61(45-22-8-2-9-23-45)56-39-36-49(41-55(56)52-38-35-50(42-57(52)61)62(46-24-10-3-11-25-46)47-26-12-4-13-27-47)63(48-28-14-5-15-29-48)58-32-18-16-30-51(58)43-34-37-54-53-31-17-19-33-59(53)64-60(54)40-43/h1-42H. The Balaban J connectivity index is 1.09. The van der Waals surface area contributed by atoms with Gasteiger partial charge in [0.2, 0.25) is 0 Å². The molecular weight excluding hydrogens is 793 g/mol. The van der Waals surface area contributed by atoms with Gasteiger partial charge in [0.05, 0.1) is 11.1 Å². The van der Waals surface area contributed by atoms with E-state index in [-0.39, 0.29) is 0 Å². The molecule has 0 N–H and O–H groups in total. The van der Waals surface area contributed by atoms with Crippen LogP contribution < -0.4 is 9.80 Å². The summed E-state index contributed by atoms with van der Waals surface area (Å²) < 4.78 is 2.61. The molecule has 0 atom stereocenters. The van der Waals surface area contributed by atoms with Gasteiger partial charge in [-0.25, -0.2) is 0 Å². The summed E-state index contributed by atoms with van der Waals surface area (Å²) in [6.45, 7) is 0. The lowest BCUT2D eigenvalue weighted by atomic mass is 9.67. The fraction of sp³-hybridized carbons (Fsp3) is 0.0164. The van der Waals surface area contributed by atoms with Gasteiger partial charge in [0.1, 0.15) is 0 Å². The highest BCUT2D eigenvalue weighted by atomic mass is 32.1. The average Bonchev–Trinajstić information content (AvgIpc) is 3.89. The van der Waals surface area contributed by atoms with Crippen LogP contribution in [0.4, 0.5) is 34.1 Å². The second-order valence-electron chi connectivity index (χ2n) is 16.4. The van der Waals surface area contributed by atoms with E-state index in [2.05, 4.69) is 265 Å². The third-order valence-corrected chi connectivity index (χ3v) is 14.0. The van der Waals surface area contributed by atoms with Crippen molar-refractivity contribution in [2.75, 3.05) is 9.80 Å². The van der Waals surface area contributed by atoms with Crippen molar-refractivity contribution in [1.29, 1.82) is 0 Å². The van der Waals surface area contributed by atoms with Crippen molar-refractivity contribution in [3.63, 3.8) is 0 Å². The minimum Gasteiger partial charge on any atom is -0.310 e. The molecule has 1 aliphatic carbocycles. The predicted octanol–water partition coefficient (Wildman–Crippen LogP) is 17.0. The number of hydrogen-bond donors (Lipinski definition) is 0. The molecule has 0 saturated heterocycles. The first-order valence-electron chi connectivity index (χ1n) is 21.9. The van der Waals surface area contributed by atoms with E-state index in [1.165, 1.54) is 64.7 Å². The lowest BCUT2D eigenvalue weighted by molar-refractivity contribution is 0.768. The van der Waals surface area contributed by atoms with Crippen molar-refractivity contribution < 1.29 is 0 Å². The topological polar surface area (TPSA) is 6.48 Å². The maximum atomic E-state index is 2.45. The van der Waals surface area contributed by atoms with Crippen LogP contribution >= 0.6 is 11.3 Å². The minimum absolute atomic E-state index is 0.587. The zero-order valence-electron chi connectivity index (χ0n) is 35.1. The Morgan fingerprint density at radius 3 is 1.47 bits per heavy atom. The van der Waals surface area contributed by atoms with Gasteiger partial charge in [-0.1, -0.05) is 176 Å². The molecule has 0 aliphatic heterocycles. The number of anilines is 6. The van der Waals surface area contributed by atoms with Gasteiger partial charge in [0.25, 0.3) is 0 Å². The summed E-state index contributed by atoms with van der Waals surface area (Å²) in [6, 6.07) is 93.3. The molecule has 1 aromatic heterocycles. The second kappa shape index (κ2) is 15.7. The van der Waals surface area contributed by atoms with Gasteiger partial charge in [-0.05, 0) is 118 Å². The lowest BCUT2D eigenvalue weighted by Gasteiger charge is -2.35. The van der Waals surface area contributed by atoms with Crippen LogP contribution in [0.15, 0.2) is 255 Å². The van der Waals surface area contributed by atoms with Crippen molar-refractivity contribution in [3.05, 3.63) is 277 Å². The highest BCUT2D eigenvalue weighted by Crippen LogP contribution is 2.58. The average molecular weight is 835 g/mol. The van der Waals surface area contributed by atoms with E-state index in [0.717, 1.165) is 34.1 Å². The highest BCUT2D eigenvalue weighted by Gasteiger charge is 2.46. The fourth-order valence-corrected chi connectivity index (χ4v) is 11.3. The van der Waals surface area contributed by atoms with Gasteiger partial charge in [-0.2, -0.15) is 0 Å². The number of para-hydroxylation sites is 4. The number of thiophene rings is 1. The Morgan fingerprint density at radius 2 is 0.812 bits per heavy atom. The maximum absolute atomic E-state index is 2.45. The van der Waals surface area contributed by atoms with Gasteiger partial charge < -0.3 is 9.80 Å². The molecule has 302 valence electrons. The largest absolute Gasteiger partial charge is 0.310 e. The van der Waals surface area contributed by atoms with E-state index in [4.69, 9.17) is 0 Å². The Hall–Kier alpha value is -7.98. The van der Waals surface area contributed by atoms with Crippen LogP contribution in [0.5, 0.6) is 0 Å². The van der Waals surface area contributed by atoms with Gasteiger partial charge in [-0.15, -0.1) is 11.3 Å². The predicted molar refractivity (Wildman–Crippen MR) is 271 cm³/mol. The molecule has 0 saturated carbocycles. The summed E-state index contributed by atoms with van der Waals surface area (Å²) in [6.07, 6.45) is 0. The first-order valence-corrected chi connectivity index (χ1v) is 22.7. The minimum atomic E-state index is -0.587. The van der Waals surface area contributed by atoms with Crippen LogP contribution in [0.1, 0.15) is 22.3 Å². The summed E-state index contributed by atoms with van der Waals surface area (Å²) >= 11 is 1.86. The van der Waals surface area contributed by atoms with Crippen LogP contribution in [0, 0.1) is 0 Å². The van der Waals surface area contributed by atoms with E-state index in [0.29, 0.717) is 0 Å². The lowest BCUT2D eigenvalue weighted by Crippen LogP contribution is -2.28. The maximum Gasteiger partial charge on any atom is 0.0714 e. The van der Waals surface area contributed by atoms with Crippen LogP contribution in [0.2, 0.25) is 0 Å². The first kappa shape index (κ1) is 37.8. The highest BCUT2D eigenvalue weighted by molar-refractivity contribution is 7.25. The molecule has 3 heteroatoms. The molecule has 64 heavy (non-hydrogen) atoms. The first-order chi connectivity index (χ1) is 31.8. The zero-order valence-corrected chi connectivity index (χ0v) is 35.9. The van der Waals surface area contributed by atoms with E-state index >= 15 is 0 Å². The number of hydrogen-bond acceptors (Lipinski definition) is 3. The molecule has 0 spiro atoms. The van der Waals surface area contributed by atoms with E-state index in [9.17, 15) is 0 Å². The van der Waals surface area contributed by atoms with Crippen LogP contribution in [0.3, 0.4) is 0 Å². The van der Waals surface area contributed by atoms with Gasteiger partial charge in [0, 0.05) is 54.2 Å². The summed E-state index contributed by atoms with van der Waals surface area (Å²) in [5.41, 5.74) is 15.9. The number of fused-ring (bicyclic) bond motifs is 6. The molecule has 10 aromatic carbocycles. The Kier molecular flexibility index (Phi) is 9.28. The molecule has 2 nitrogen and oxygen atoms in total. The van der Waals surface area contributed by atoms with Crippen LogP contribution in [-0.2, 0) is 5.41 Å². The molecule has 1 aliphatic rings. The summed E-state index contributed by atoms with van der Waals surface area (Å²) in [5.74, 6) is 0. The van der Waals surface area contributed by atoms with E-state index in [1.807, 2.05) is 11.3 Å². The third-order valence-electron chi connectivity index (χ3n) is 12.9. The van der Waals surface area contributed by atoms with Gasteiger partial charge >= 0.3 is 0 Å². The van der Waals surface area contributed by atoms with E-state index in [1.54, 1.807) is 0 Å². The molecule has 0 amide bonds. The van der Waals surface area contributed by atoms with Crippen molar-refractivity contribution in [3.8, 4) is 22.3 Å². The summed E-state index contributed by atoms with van der Waals surface area (Å²) in [7, 11) is 0. The molecule has 12 rings (SSSR count). The van der Waals surface area contributed by atoms with E-state index < -0.39 is 5.41 Å². The molecular formula is C61H42N2S. The molecule has 0 bridgehead atoms. The molecule has 0 unspecified atom stereocenters. The van der Waals surface area contributed by atoms with Crippen molar-refractivity contribution >= 4 is 65.6 Å². The summed E-state index contributed by atoms with van der Waals surface area (Å²) in [4.78, 5) is 4.82. The SMILES string of the molecule is c1ccc(N(c2ccccc2)c2ccc3c(c2)C(c2ccccc2)(c2ccccc2)c2ccc(N(c4ccccc4)c4ccccc4-c4ccc5c(c4)sc4ccccc45)cc2-3)cc1. The fourth-order valence-electron chi connectivity index (χ4n) is 10.2. The number of nitrogens with zero attached hydrogens (tertiary/aromatic N) is 2. The third kappa shape index (κ3) is 6.16. The molecule has 1 heterocycles. The Bertz CT molecular complexity index is 3360. The molecule has 11 aromatic rings. The molecule has 0 radical (unpaired) electrons. The van der Waals surface area contributed by atoms with Crippen molar-refractivity contribution in [2.45, 2.75) is 5.41 Å². The zero-order chi connectivity index (χ0) is 42.5. The smallest absolute Gasteiger partial charge is 0.0714 e. The monoisotopic (exact) mass is 834 g/mol. The van der Waals surface area contributed by atoms with Crippen molar-refractivity contribution in [2.24, 2.45) is 0 Å².